The Hall–Kier alpha value is -1.60. The van der Waals surface area contributed by atoms with Crippen molar-refractivity contribution in [2.75, 3.05) is 36.8 Å². The maximum absolute atomic E-state index is 13.0. The van der Waals surface area contributed by atoms with Crippen LogP contribution in [-0.2, 0) is 25.8 Å². The highest BCUT2D eigenvalue weighted by Crippen LogP contribution is 2.29. The zero-order chi connectivity index (χ0) is 24.6. The van der Waals surface area contributed by atoms with Crippen molar-refractivity contribution >= 4 is 21.4 Å². The molecule has 1 aromatic carbocycles. The first-order chi connectivity index (χ1) is 15.3. The van der Waals surface area contributed by atoms with Gasteiger partial charge < -0.3 is 14.5 Å². The molecule has 2 heterocycles. The van der Waals surface area contributed by atoms with Gasteiger partial charge in [-0.15, -0.1) is 0 Å². The van der Waals surface area contributed by atoms with Gasteiger partial charge in [0, 0.05) is 31.9 Å². The number of hydrogen-bond donors (Lipinski definition) is 0. The molecule has 0 bridgehead atoms. The summed E-state index contributed by atoms with van der Waals surface area (Å²) < 4.78 is 30.2. The van der Waals surface area contributed by atoms with E-state index in [1.165, 1.54) is 16.8 Å². The largest absolute Gasteiger partial charge is 0.372 e. The Bertz CT molecular complexity index is 949. The van der Waals surface area contributed by atoms with E-state index >= 15 is 0 Å². The van der Waals surface area contributed by atoms with Gasteiger partial charge >= 0.3 is 0 Å². The molecule has 0 N–H and O–H groups in total. The standard InChI is InChI=1S/C26H42N2O4S/c1-18-15-28(16-19(2)32-18)24-9-8-23(20(3)21(24)4)14-25(29)27-12-10-22(11-13-27)17-33(30,31)26(5,6)7/h8-9,18-19,22H,10-17H2,1-7H3/t18-,19+. The lowest BCUT2D eigenvalue weighted by atomic mass is 9.96. The van der Waals surface area contributed by atoms with Crippen molar-refractivity contribution in [3.63, 3.8) is 0 Å². The normalized spacial score (nSPS) is 23.1. The van der Waals surface area contributed by atoms with Crippen LogP contribution >= 0.6 is 0 Å². The zero-order valence-corrected chi connectivity index (χ0v) is 22.3. The summed E-state index contributed by atoms with van der Waals surface area (Å²) in [6.45, 7) is 16.8. The van der Waals surface area contributed by atoms with Gasteiger partial charge in [0.15, 0.2) is 9.84 Å². The molecule has 33 heavy (non-hydrogen) atoms. The number of hydrogen-bond acceptors (Lipinski definition) is 5. The quantitative estimate of drug-likeness (QED) is 0.642. The van der Waals surface area contributed by atoms with E-state index in [0.717, 1.165) is 31.5 Å². The van der Waals surface area contributed by atoms with Crippen molar-refractivity contribution in [2.24, 2.45) is 5.92 Å². The monoisotopic (exact) mass is 478 g/mol. The van der Waals surface area contributed by atoms with Crippen molar-refractivity contribution in [2.45, 2.75) is 84.7 Å². The van der Waals surface area contributed by atoms with E-state index < -0.39 is 14.6 Å². The van der Waals surface area contributed by atoms with Gasteiger partial charge in [0.25, 0.3) is 0 Å². The predicted molar refractivity (Wildman–Crippen MR) is 135 cm³/mol. The van der Waals surface area contributed by atoms with Gasteiger partial charge in [0.1, 0.15) is 0 Å². The van der Waals surface area contributed by atoms with E-state index in [0.29, 0.717) is 19.5 Å². The number of rotatable bonds is 5. The molecule has 2 saturated heterocycles. The maximum Gasteiger partial charge on any atom is 0.226 e. The van der Waals surface area contributed by atoms with Crippen LogP contribution in [0.3, 0.4) is 0 Å². The molecule has 2 aliphatic heterocycles. The number of morpholine rings is 1. The molecule has 3 rings (SSSR count). The lowest BCUT2D eigenvalue weighted by Crippen LogP contribution is -2.45. The Kier molecular flexibility index (Phi) is 7.84. The molecule has 1 aromatic rings. The van der Waals surface area contributed by atoms with Crippen LogP contribution in [0.4, 0.5) is 5.69 Å². The third-order valence-electron chi connectivity index (χ3n) is 7.33. The Balaban J connectivity index is 1.60. The first-order valence-electron chi connectivity index (χ1n) is 12.3. The lowest BCUT2D eigenvalue weighted by Gasteiger charge is -2.38. The average molecular weight is 479 g/mol. The number of amides is 1. The van der Waals surface area contributed by atoms with Crippen molar-refractivity contribution < 1.29 is 17.9 Å². The van der Waals surface area contributed by atoms with Gasteiger partial charge in [-0.1, -0.05) is 6.07 Å². The summed E-state index contributed by atoms with van der Waals surface area (Å²) in [5.74, 6) is 0.493. The number of likely N-dealkylation sites (tertiary alicyclic amines) is 1. The molecule has 0 radical (unpaired) electrons. The molecule has 6 nitrogen and oxygen atoms in total. The zero-order valence-electron chi connectivity index (χ0n) is 21.5. The fraction of sp³-hybridized carbons (Fsp3) is 0.731. The van der Waals surface area contributed by atoms with Crippen LogP contribution in [-0.4, -0.2) is 68.1 Å². The number of nitrogens with zero attached hydrogens (tertiary/aromatic N) is 2. The molecule has 1 amide bonds. The van der Waals surface area contributed by atoms with Crippen LogP contribution in [0.15, 0.2) is 12.1 Å². The van der Waals surface area contributed by atoms with Crippen molar-refractivity contribution in [3.8, 4) is 0 Å². The summed E-state index contributed by atoms with van der Waals surface area (Å²) in [5.41, 5.74) is 4.71. The molecule has 186 valence electrons. The molecule has 0 spiro atoms. The summed E-state index contributed by atoms with van der Waals surface area (Å²) in [6, 6.07) is 4.25. The summed E-state index contributed by atoms with van der Waals surface area (Å²) in [4.78, 5) is 17.3. The highest BCUT2D eigenvalue weighted by atomic mass is 32.2. The Labute approximate surface area is 200 Å². The number of carbonyl (C=O) groups excluding carboxylic acids is 1. The minimum absolute atomic E-state index is 0.135. The molecule has 0 aromatic heterocycles. The Morgan fingerprint density at radius 1 is 1.03 bits per heavy atom. The molecule has 2 atom stereocenters. The smallest absolute Gasteiger partial charge is 0.226 e. The van der Waals surface area contributed by atoms with Gasteiger partial charge in [-0.05, 0) is 90.0 Å². The van der Waals surface area contributed by atoms with Crippen LogP contribution in [0.5, 0.6) is 0 Å². The maximum atomic E-state index is 13.0. The van der Waals surface area contributed by atoms with Crippen LogP contribution < -0.4 is 4.90 Å². The van der Waals surface area contributed by atoms with Gasteiger partial charge in [-0.25, -0.2) is 8.42 Å². The molecule has 0 aliphatic carbocycles. The third kappa shape index (κ3) is 6.10. The number of piperidine rings is 1. The van der Waals surface area contributed by atoms with Crippen molar-refractivity contribution in [3.05, 3.63) is 28.8 Å². The van der Waals surface area contributed by atoms with E-state index in [2.05, 4.69) is 44.7 Å². The second kappa shape index (κ2) is 9.95. The highest BCUT2D eigenvalue weighted by molar-refractivity contribution is 7.92. The predicted octanol–water partition coefficient (Wildman–Crippen LogP) is 3.91. The van der Waals surface area contributed by atoms with Crippen LogP contribution in [0.2, 0.25) is 0 Å². The molecule has 0 unspecified atom stereocenters. The number of anilines is 1. The van der Waals surface area contributed by atoms with E-state index in [-0.39, 0.29) is 29.8 Å². The minimum Gasteiger partial charge on any atom is -0.372 e. The number of benzene rings is 1. The molecule has 7 heteroatoms. The van der Waals surface area contributed by atoms with Gasteiger partial charge in [-0.3, -0.25) is 4.79 Å². The number of carbonyl (C=O) groups is 1. The molecular weight excluding hydrogens is 436 g/mol. The van der Waals surface area contributed by atoms with Crippen LogP contribution in [0, 0.1) is 19.8 Å². The first-order valence-corrected chi connectivity index (χ1v) is 13.9. The van der Waals surface area contributed by atoms with Gasteiger partial charge in [-0.2, -0.15) is 0 Å². The number of ether oxygens (including phenoxy) is 1. The summed E-state index contributed by atoms with van der Waals surface area (Å²) >= 11 is 0. The van der Waals surface area contributed by atoms with E-state index in [1.807, 2.05) is 4.90 Å². The lowest BCUT2D eigenvalue weighted by molar-refractivity contribution is -0.131. The SMILES string of the molecule is Cc1c(CC(=O)N2CCC(CS(=O)(=O)C(C)(C)C)CC2)ccc(N2C[C@@H](C)O[C@@H](C)C2)c1C. The van der Waals surface area contributed by atoms with Crippen molar-refractivity contribution in [1.82, 2.24) is 4.90 Å². The van der Waals surface area contributed by atoms with Gasteiger partial charge in [0.05, 0.1) is 29.1 Å². The third-order valence-corrected chi connectivity index (χ3v) is 10.1. The molecule has 0 saturated carbocycles. The van der Waals surface area contributed by atoms with E-state index in [9.17, 15) is 13.2 Å². The van der Waals surface area contributed by atoms with Crippen molar-refractivity contribution in [1.29, 1.82) is 0 Å². The molecular formula is C26H42N2O4S. The van der Waals surface area contributed by atoms with E-state index in [1.54, 1.807) is 20.8 Å². The van der Waals surface area contributed by atoms with Crippen LogP contribution in [0.25, 0.3) is 0 Å². The number of sulfone groups is 1. The van der Waals surface area contributed by atoms with E-state index in [4.69, 9.17) is 4.74 Å². The average Bonchev–Trinajstić information content (AvgIpc) is 2.70. The van der Waals surface area contributed by atoms with Gasteiger partial charge in [0.2, 0.25) is 5.91 Å². The second-order valence-corrected chi connectivity index (χ2v) is 13.8. The fourth-order valence-corrected chi connectivity index (χ4v) is 6.41. The highest BCUT2D eigenvalue weighted by Gasteiger charge is 2.33. The Morgan fingerprint density at radius 3 is 2.15 bits per heavy atom. The topological polar surface area (TPSA) is 66.9 Å². The molecule has 2 aliphatic rings. The fourth-order valence-electron chi connectivity index (χ4n) is 4.96. The molecule has 2 fully saturated rings. The van der Waals surface area contributed by atoms with Crippen LogP contribution in [0.1, 0.15) is 64.2 Å². The summed E-state index contributed by atoms with van der Waals surface area (Å²) in [5, 5.41) is 0. The minimum atomic E-state index is -3.13. The first kappa shape index (κ1) is 26.0. The summed E-state index contributed by atoms with van der Waals surface area (Å²) in [6.07, 6.45) is 2.32. The second-order valence-electron chi connectivity index (χ2n) is 11.1. The Morgan fingerprint density at radius 2 is 1.61 bits per heavy atom. The summed E-state index contributed by atoms with van der Waals surface area (Å²) in [7, 11) is -3.13.